The molecule has 33 heavy (non-hydrogen) atoms. The molecule has 0 saturated carbocycles. The van der Waals surface area contributed by atoms with Crippen LogP contribution in [0.3, 0.4) is 0 Å². The Morgan fingerprint density at radius 1 is 0.970 bits per heavy atom. The van der Waals surface area contributed by atoms with E-state index in [1.807, 2.05) is 44.2 Å². The van der Waals surface area contributed by atoms with E-state index in [2.05, 4.69) is 61.2 Å². The highest BCUT2D eigenvalue weighted by Crippen LogP contribution is 2.31. The minimum Gasteiger partial charge on any atom is -0.374 e. The van der Waals surface area contributed by atoms with Crippen LogP contribution in [0.2, 0.25) is 0 Å². The van der Waals surface area contributed by atoms with Gasteiger partial charge < -0.3 is 19.9 Å². The second-order valence-corrected chi connectivity index (χ2v) is 9.77. The Hall–Kier alpha value is -1.87. The molecule has 0 spiro atoms. The number of anilines is 3. The third-order valence-corrected chi connectivity index (χ3v) is 6.32. The van der Waals surface area contributed by atoms with Gasteiger partial charge in [0.05, 0.1) is 23.8 Å². The number of benzene rings is 1. The average molecular weight is 475 g/mol. The average Bonchev–Trinajstić information content (AvgIpc) is 2.78. The fourth-order valence-corrected chi connectivity index (χ4v) is 4.32. The summed E-state index contributed by atoms with van der Waals surface area (Å²) < 4.78 is 5.97. The first-order valence-corrected chi connectivity index (χ1v) is 12.9. The van der Waals surface area contributed by atoms with Crippen LogP contribution in [0.1, 0.15) is 33.4 Å². The van der Waals surface area contributed by atoms with Crippen LogP contribution in [0.5, 0.6) is 0 Å². The molecule has 0 amide bonds. The molecule has 0 saturated heterocycles. The molecule has 1 heterocycles. The summed E-state index contributed by atoms with van der Waals surface area (Å²) in [5, 5.41) is 3.60. The Kier molecular flexibility index (Phi) is 11.4. The zero-order valence-corrected chi connectivity index (χ0v) is 22.4. The summed E-state index contributed by atoms with van der Waals surface area (Å²) in [6.45, 7) is 12.7. The molecule has 7 nitrogen and oxygen atoms in total. The van der Waals surface area contributed by atoms with Gasteiger partial charge in [-0.1, -0.05) is 18.2 Å². The second-order valence-electron chi connectivity index (χ2n) is 8.95. The number of para-hydroxylation sites is 1. The largest absolute Gasteiger partial charge is 0.374 e. The van der Waals surface area contributed by atoms with Crippen molar-refractivity contribution in [2.45, 2.75) is 51.3 Å². The normalized spacial score (nSPS) is 11.8. The van der Waals surface area contributed by atoms with Gasteiger partial charge >= 0.3 is 0 Å². The van der Waals surface area contributed by atoms with Crippen LogP contribution >= 0.6 is 11.8 Å². The minimum absolute atomic E-state index is 0.459. The molecule has 2 rings (SSSR count). The highest BCUT2D eigenvalue weighted by molar-refractivity contribution is 7.98. The van der Waals surface area contributed by atoms with Crippen molar-refractivity contribution in [3.63, 3.8) is 0 Å². The first-order chi connectivity index (χ1) is 15.7. The topological polar surface area (TPSA) is 56.8 Å². The van der Waals surface area contributed by atoms with E-state index in [9.17, 15) is 0 Å². The van der Waals surface area contributed by atoms with Gasteiger partial charge in [-0.25, -0.2) is 4.98 Å². The minimum atomic E-state index is 0.459. The van der Waals surface area contributed by atoms with E-state index in [0.717, 1.165) is 41.7 Å². The van der Waals surface area contributed by atoms with Gasteiger partial charge in [-0.05, 0) is 60.2 Å². The first kappa shape index (κ1) is 27.4. The number of thioether (sulfide) groups is 1. The molecule has 0 unspecified atom stereocenters. The van der Waals surface area contributed by atoms with Crippen molar-refractivity contribution < 1.29 is 4.74 Å². The van der Waals surface area contributed by atoms with E-state index in [0.29, 0.717) is 31.2 Å². The molecule has 0 bridgehead atoms. The summed E-state index contributed by atoms with van der Waals surface area (Å²) in [7, 11) is 6.10. The molecule has 8 heteroatoms. The number of hydrogen-bond acceptors (Lipinski definition) is 8. The lowest BCUT2D eigenvalue weighted by Gasteiger charge is -2.30. The van der Waals surface area contributed by atoms with Gasteiger partial charge in [0.15, 0.2) is 0 Å². The monoisotopic (exact) mass is 474 g/mol. The molecule has 1 aromatic heterocycles. The summed E-state index contributed by atoms with van der Waals surface area (Å²) in [6, 6.07) is 11.2. The lowest BCUT2D eigenvalue weighted by molar-refractivity contribution is 0.101. The summed E-state index contributed by atoms with van der Waals surface area (Å²) in [5.41, 5.74) is 1.96. The number of nitrogens with zero attached hydrogens (tertiary/aromatic N) is 5. The molecular formula is C25H42N6OS. The molecule has 184 valence electrons. The van der Waals surface area contributed by atoms with Crippen LogP contribution in [0.4, 0.5) is 17.5 Å². The maximum absolute atomic E-state index is 5.97. The zero-order chi connectivity index (χ0) is 24.4. The Morgan fingerprint density at radius 2 is 1.64 bits per heavy atom. The summed E-state index contributed by atoms with van der Waals surface area (Å²) in [4.78, 5) is 17.5. The Balaban J connectivity index is 2.29. The number of nitrogens with one attached hydrogen (secondary N) is 1. The number of hydrogen-bond donors (Lipinski definition) is 1. The Morgan fingerprint density at radius 3 is 2.21 bits per heavy atom. The zero-order valence-electron chi connectivity index (χ0n) is 21.6. The molecule has 1 aromatic carbocycles. The van der Waals surface area contributed by atoms with Crippen LogP contribution in [0.25, 0.3) is 0 Å². The number of rotatable bonds is 14. The van der Waals surface area contributed by atoms with Crippen molar-refractivity contribution in [2.24, 2.45) is 0 Å². The highest BCUT2D eigenvalue weighted by atomic mass is 32.2. The lowest BCUT2D eigenvalue weighted by Crippen LogP contribution is -2.40. The van der Waals surface area contributed by atoms with E-state index in [1.54, 1.807) is 11.8 Å². The second kappa shape index (κ2) is 13.7. The molecular weight excluding hydrogens is 432 g/mol. The van der Waals surface area contributed by atoms with Crippen molar-refractivity contribution in [3.8, 4) is 0 Å². The molecule has 0 atom stereocenters. The predicted molar refractivity (Wildman–Crippen MR) is 142 cm³/mol. The van der Waals surface area contributed by atoms with Crippen molar-refractivity contribution in [1.82, 2.24) is 19.8 Å². The van der Waals surface area contributed by atoms with E-state index < -0.39 is 0 Å². The van der Waals surface area contributed by atoms with Crippen LogP contribution in [0.15, 0.2) is 35.2 Å². The standard InChI is InChI=1S/C25H42N6OS/c1-19(2)31(20(3)4)15-14-26-24-23(33-8)22(18-32-17-16-29(5)6)27-25(28-24)30(7)21-12-10-9-11-13-21/h9-13,19-20H,14-18H2,1-8H3,(H,26,27,28). The molecule has 0 aliphatic carbocycles. The van der Waals surface area contributed by atoms with Gasteiger partial charge in [0, 0.05) is 44.5 Å². The fraction of sp³-hybridized carbons (Fsp3) is 0.600. The third-order valence-electron chi connectivity index (χ3n) is 5.48. The van der Waals surface area contributed by atoms with Gasteiger partial charge in [0.25, 0.3) is 0 Å². The number of aromatic nitrogens is 2. The van der Waals surface area contributed by atoms with Gasteiger partial charge in [0.2, 0.25) is 5.95 Å². The highest BCUT2D eigenvalue weighted by Gasteiger charge is 2.18. The fourth-order valence-electron chi connectivity index (χ4n) is 3.67. The third kappa shape index (κ3) is 8.45. The summed E-state index contributed by atoms with van der Waals surface area (Å²) in [6.07, 6.45) is 2.07. The van der Waals surface area contributed by atoms with Crippen molar-refractivity contribution >= 4 is 29.2 Å². The molecule has 1 N–H and O–H groups in total. The predicted octanol–water partition coefficient (Wildman–Crippen LogP) is 4.58. The van der Waals surface area contributed by atoms with Crippen LogP contribution in [-0.2, 0) is 11.3 Å². The molecule has 0 aliphatic heterocycles. The van der Waals surface area contributed by atoms with Gasteiger partial charge in [-0.2, -0.15) is 4.98 Å². The van der Waals surface area contributed by atoms with Crippen molar-refractivity contribution in [3.05, 3.63) is 36.0 Å². The van der Waals surface area contributed by atoms with Crippen LogP contribution in [-0.4, -0.2) is 85.5 Å². The van der Waals surface area contributed by atoms with Crippen LogP contribution < -0.4 is 10.2 Å². The van der Waals surface area contributed by atoms with Crippen LogP contribution in [0, 0.1) is 0 Å². The maximum Gasteiger partial charge on any atom is 0.231 e. The maximum atomic E-state index is 5.97. The van der Waals surface area contributed by atoms with Crippen molar-refractivity contribution in [2.75, 3.05) is 63.9 Å². The van der Waals surface area contributed by atoms with Crippen molar-refractivity contribution in [1.29, 1.82) is 0 Å². The van der Waals surface area contributed by atoms with Gasteiger partial charge in [-0.3, -0.25) is 4.90 Å². The van der Waals surface area contributed by atoms with E-state index in [4.69, 9.17) is 14.7 Å². The number of likely N-dealkylation sites (N-methyl/N-ethyl adjacent to an activating group) is 1. The smallest absolute Gasteiger partial charge is 0.231 e. The van der Waals surface area contributed by atoms with E-state index >= 15 is 0 Å². The quantitative estimate of drug-likeness (QED) is 0.316. The molecule has 2 aromatic rings. The summed E-state index contributed by atoms with van der Waals surface area (Å²) in [5.74, 6) is 1.53. The summed E-state index contributed by atoms with van der Waals surface area (Å²) >= 11 is 1.66. The SMILES string of the molecule is CSc1c(COCCN(C)C)nc(N(C)c2ccccc2)nc1NCCN(C(C)C)C(C)C. The van der Waals surface area contributed by atoms with E-state index in [1.165, 1.54) is 0 Å². The molecule has 0 aliphatic rings. The lowest BCUT2D eigenvalue weighted by atomic mass is 10.2. The van der Waals surface area contributed by atoms with Gasteiger partial charge in [0.1, 0.15) is 5.82 Å². The Labute approximate surface area is 204 Å². The molecule has 0 radical (unpaired) electrons. The Bertz CT molecular complexity index is 823. The first-order valence-electron chi connectivity index (χ1n) is 11.7. The van der Waals surface area contributed by atoms with Gasteiger partial charge in [-0.15, -0.1) is 11.8 Å². The molecule has 0 fully saturated rings. The van der Waals surface area contributed by atoms with E-state index in [-0.39, 0.29) is 0 Å². The number of ether oxygens (including phenoxy) is 1.